The number of rotatable bonds is 8. The van der Waals surface area contributed by atoms with Crippen LogP contribution in [0.5, 0.6) is 5.75 Å². The smallest absolute Gasteiger partial charge is 0.359 e. The van der Waals surface area contributed by atoms with Gasteiger partial charge >= 0.3 is 5.97 Å². The molecule has 0 bridgehead atoms. The van der Waals surface area contributed by atoms with E-state index in [0.29, 0.717) is 27.7 Å². The second-order valence-corrected chi connectivity index (χ2v) is 9.33. The first-order chi connectivity index (χ1) is 17.3. The third-order valence-electron chi connectivity index (χ3n) is 5.59. The Morgan fingerprint density at radius 3 is 2.39 bits per heavy atom. The van der Waals surface area contributed by atoms with E-state index in [9.17, 15) is 14.4 Å². The molecule has 8 nitrogen and oxygen atoms in total. The molecule has 0 radical (unpaired) electrons. The number of nitrogens with one attached hydrogen (secondary N) is 1. The van der Waals surface area contributed by atoms with E-state index in [2.05, 4.69) is 24.3 Å². The van der Waals surface area contributed by atoms with Crippen LogP contribution in [0, 0.1) is 0 Å². The highest BCUT2D eigenvalue weighted by Crippen LogP contribution is 2.31. The van der Waals surface area contributed by atoms with E-state index >= 15 is 0 Å². The van der Waals surface area contributed by atoms with Gasteiger partial charge in [-0.25, -0.2) is 4.79 Å². The highest BCUT2D eigenvalue weighted by atomic mass is 32.1. The third-order valence-corrected chi connectivity index (χ3v) is 6.48. The normalized spacial score (nSPS) is 11.9. The third kappa shape index (κ3) is 5.16. The lowest BCUT2D eigenvalue weighted by Gasteiger charge is -2.14. The van der Waals surface area contributed by atoms with Crippen LogP contribution in [0.15, 0.2) is 64.8 Å². The number of nitrogens with zero attached hydrogens (tertiary/aromatic N) is 2. The molecular formula is C27H27N3O5S. The van der Waals surface area contributed by atoms with Crippen LogP contribution >= 0.6 is 11.3 Å². The summed E-state index contributed by atoms with van der Waals surface area (Å²) in [6, 6.07) is 16.4. The Kier molecular flexibility index (Phi) is 7.49. The largest absolute Gasteiger partial charge is 0.481 e. The highest BCUT2D eigenvalue weighted by Gasteiger charge is 2.24. The summed E-state index contributed by atoms with van der Waals surface area (Å²) >= 11 is 1.14. The molecule has 2 aromatic carbocycles. The Morgan fingerprint density at radius 1 is 1.06 bits per heavy atom. The summed E-state index contributed by atoms with van der Waals surface area (Å²) in [5.74, 6) is -0.201. The van der Waals surface area contributed by atoms with Crippen LogP contribution in [-0.2, 0) is 9.53 Å². The van der Waals surface area contributed by atoms with Gasteiger partial charge in [-0.05, 0) is 49.6 Å². The number of carbonyl (C=O) groups excluding carboxylic acids is 2. The molecule has 0 saturated carbocycles. The highest BCUT2D eigenvalue weighted by molar-refractivity contribution is 7.16. The number of carbonyl (C=O) groups is 2. The number of aromatic nitrogens is 2. The second-order valence-electron chi connectivity index (χ2n) is 8.45. The molecular weight excluding hydrogens is 478 g/mol. The Hall–Kier alpha value is -3.98. The van der Waals surface area contributed by atoms with Crippen molar-refractivity contribution >= 4 is 39.0 Å². The Labute approximate surface area is 212 Å². The van der Waals surface area contributed by atoms with Gasteiger partial charge in [-0.15, -0.1) is 11.3 Å². The van der Waals surface area contributed by atoms with Crippen molar-refractivity contribution in [3.63, 3.8) is 0 Å². The monoisotopic (exact) mass is 505 g/mol. The van der Waals surface area contributed by atoms with Crippen molar-refractivity contribution in [1.82, 2.24) is 9.78 Å². The maximum absolute atomic E-state index is 13.6. The molecule has 0 aliphatic rings. The molecule has 0 saturated heterocycles. The lowest BCUT2D eigenvalue weighted by atomic mass is 10.0. The number of thiophene rings is 1. The number of para-hydroxylation sites is 1. The van der Waals surface area contributed by atoms with Gasteiger partial charge in [-0.2, -0.15) is 9.78 Å². The van der Waals surface area contributed by atoms with Crippen molar-refractivity contribution in [1.29, 1.82) is 0 Å². The molecule has 0 spiro atoms. The number of hydrogen-bond acceptors (Lipinski definition) is 7. The first-order valence-corrected chi connectivity index (χ1v) is 12.5. The van der Waals surface area contributed by atoms with Crippen molar-refractivity contribution < 1.29 is 19.1 Å². The number of fused-ring (bicyclic) bond motifs is 1. The average Bonchev–Trinajstić information content (AvgIpc) is 3.29. The van der Waals surface area contributed by atoms with E-state index in [1.165, 1.54) is 4.68 Å². The molecule has 186 valence electrons. The Balaban J connectivity index is 1.76. The SMILES string of the molecule is CCOC(=O)c1nn(-c2ccc(C(C)C)cc2)c(=O)c2c(NC(=O)C(C)Oc3ccccc3)scc12. The van der Waals surface area contributed by atoms with Gasteiger partial charge in [0, 0.05) is 10.8 Å². The van der Waals surface area contributed by atoms with Crippen LogP contribution in [0.3, 0.4) is 0 Å². The van der Waals surface area contributed by atoms with Gasteiger partial charge in [0.1, 0.15) is 10.8 Å². The van der Waals surface area contributed by atoms with Gasteiger partial charge in [0.15, 0.2) is 11.8 Å². The summed E-state index contributed by atoms with van der Waals surface area (Å²) in [6.45, 7) is 7.63. The van der Waals surface area contributed by atoms with E-state index in [1.807, 2.05) is 30.3 Å². The zero-order chi connectivity index (χ0) is 25.8. The molecule has 2 aromatic heterocycles. The summed E-state index contributed by atoms with van der Waals surface area (Å²) < 4.78 is 12.1. The van der Waals surface area contributed by atoms with Gasteiger partial charge in [0.2, 0.25) is 0 Å². The molecule has 1 unspecified atom stereocenters. The molecule has 0 fully saturated rings. The van der Waals surface area contributed by atoms with Gasteiger partial charge in [0.25, 0.3) is 11.5 Å². The van der Waals surface area contributed by atoms with Crippen molar-refractivity contribution in [2.24, 2.45) is 0 Å². The predicted octanol–water partition coefficient (Wildman–Crippen LogP) is 5.15. The number of esters is 1. The van der Waals surface area contributed by atoms with E-state index < -0.39 is 23.5 Å². The molecule has 4 rings (SSSR count). The molecule has 1 atom stereocenters. The maximum Gasteiger partial charge on any atom is 0.359 e. The molecule has 1 N–H and O–H groups in total. The van der Waals surface area contributed by atoms with E-state index in [0.717, 1.165) is 16.9 Å². The van der Waals surface area contributed by atoms with Gasteiger partial charge < -0.3 is 14.8 Å². The standard InChI is InChI=1S/C27H27N3O5S/c1-5-34-27(33)23-21-15-36-25(28-24(31)17(4)35-20-9-7-6-8-10-20)22(21)26(32)30(29-23)19-13-11-18(12-14-19)16(2)3/h6-17H,5H2,1-4H3,(H,28,31). The lowest BCUT2D eigenvalue weighted by Crippen LogP contribution is -2.31. The van der Waals surface area contributed by atoms with Gasteiger partial charge in [-0.3, -0.25) is 9.59 Å². The van der Waals surface area contributed by atoms with Crippen molar-refractivity contribution in [2.75, 3.05) is 11.9 Å². The minimum Gasteiger partial charge on any atom is -0.481 e. The molecule has 36 heavy (non-hydrogen) atoms. The van der Waals surface area contributed by atoms with E-state index in [-0.39, 0.29) is 17.7 Å². The van der Waals surface area contributed by atoms with Crippen molar-refractivity contribution in [3.8, 4) is 11.4 Å². The fourth-order valence-corrected chi connectivity index (χ4v) is 4.58. The molecule has 2 heterocycles. The molecule has 0 aliphatic carbocycles. The fourth-order valence-electron chi connectivity index (χ4n) is 3.64. The van der Waals surface area contributed by atoms with Crippen LogP contribution in [0.1, 0.15) is 49.7 Å². The summed E-state index contributed by atoms with van der Waals surface area (Å²) in [6.07, 6.45) is -0.818. The van der Waals surface area contributed by atoms with Gasteiger partial charge in [0.05, 0.1) is 17.7 Å². The zero-order valence-electron chi connectivity index (χ0n) is 20.5. The van der Waals surface area contributed by atoms with Crippen molar-refractivity contribution in [2.45, 2.75) is 39.7 Å². The molecule has 0 aliphatic heterocycles. The molecule has 4 aromatic rings. The zero-order valence-corrected chi connectivity index (χ0v) is 21.3. The predicted molar refractivity (Wildman–Crippen MR) is 140 cm³/mol. The topological polar surface area (TPSA) is 99.5 Å². The first kappa shape index (κ1) is 25.1. The van der Waals surface area contributed by atoms with E-state index in [4.69, 9.17) is 9.47 Å². The van der Waals surface area contributed by atoms with Gasteiger partial charge in [-0.1, -0.05) is 44.2 Å². The number of anilines is 1. The quantitative estimate of drug-likeness (QED) is 0.332. The van der Waals surface area contributed by atoms with Crippen LogP contribution in [-0.4, -0.2) is 34.4 Å². The Bertz CT molecular complexity index is 1440. The summed E-state index contributed by atoms with van der Waals surface area (Å²) in [5.41, 5.74) is 1.16. The summed E-state index contributed by atoms with van der Waals surface area (Å²) in [5, 5.41) is 9.58. The van der Waals surface area contributed by atoms with Crippen LogP contribution in [0.2, 0.25) is 0 Å². The average molecular weight is 506 g/mol. The van der Waals surface area contributed by atoms with Crippen LogP contribution in [0.4, 0.5) is 5.00 Å². The van der Waals surface area contributed by atoms with E-state index in [1.54, 1.807) is 43.5 Å². The number of amides is 1. The van der Waals surface area contributed by atoms with Crippen LogP contribution in [0.25, 0.3) is 16.5 Å². The fraction of sp³-hybridized carbons (Fsp3) is 0.259. The molecule has 1 amide bonds. The minimum atomic E-state index is -0.818. The lowest BCUT2D eigenvalue weighted by molar-refractivity contribution is -0.122. The molecule has 9 heteroatoms. The summed E-state index contributed by atoms with van der Waals surface area (Å²) in [4.78, 5) is 39.2. The number of benzene rings is 2. The second kappa shape index (κ2) is 10.7. The Morgan fingerprint density at radius 2 is 1.75 bits per heavy atom. The van der Waals surface area contributed by atoms with Crippen molar-refractivity contribution in [3.05, 3.63) is 81.6 Å². The number of ether oxygens (including phenoxy) is 2. The summed E-state index contributed by atoms with van der Waals surface area (Å²) in [7, 11) is 0. The van der Waals surface area contributed by atoms with Crippen LogP contribution < -0.4 is 15.6 Å². The minimum absolute atomic E-state index is 0.00437. The first-order valence-electron chi connectivity index (χ1n) is 11.6. The number of hydrogen-bond donors (Lipinski definition) is 1. The maximum atomic E-state index is 13.6.